The molecule has 23 heavy (non-hydrogen) atoms. The van der Waals surface area contributed by atoms with E-state index < -0.39 is 48.6 Å². The topological polar surface area (TPSA) is 160 Å². The molecule has 0 aromatic heterocycles. The summed E-state index contributed by atoms with van der Waals surface area (Å²) in [7, 11) is 1.96. The minimum absolute atomic E-state index is 0.116. The first-order valence-electron chi connectivity index (χ1n) is 6.79. The van der Waals surface area contributed by atoms with Gasteiger partial charge in [-0.3, -0.25) is 14.9 Å². The van der Waals surface area contributed by atoms with Crippen molar-refractivity contribution in [2.24, 2.45) is 5.73 Å². The van der Waals surface area contributed by atoms with Gasteiger partial charge in [0.05, 0.1) is 25.8 Å². The number of amides is 1. The Morgan fingerprint density at radius 2 is 1.91 bits per heavy atom. The third kappa shape index (κ3) is 8.19. The maximum Gasteiger partial charge on any atom is 0.328 e. The van der Waals surface area contributed by atoms with E-state index in [1.54, 1.807) is 0 Å². The van der Waals surface area contributed by atoms with Crippen LogP contribution in [-0.2, 0) is 23.6 Å². The summed E-state index contributed by atoms with van der Waals surface area (Å²) in [5.74, 6) is -2.41. The second-order valence-corrected chi connectivity index (χ2v) is 5.46. The number of carboxylic acid groups (broad SMARTS) is 1. The maximum atomic E-state index is 11.9. The van der Waals surface area contributed by atoms with Crippen LogP contribution >= 0.6 is 9.47 Å². The van der Waals surface area contributed by atoms with Crippen molar-refractivity contribution < 1.29 is 33.9 Å². The van der Waals surface area contributed by atoms with Gasteiger partial charge in [-0.05, 0) is 13.8 Å². The highest BCUT2D eigenvalue weighted by molar-refractivity contribution is 7.09. The lowest BCUT2D eigenvalue weighted by molar-refractivity contribution is -0.150. The standard InChI is InChI=1S/C12H24N3O7P/c1-7(13)10(19)15-8(2)11(20)21-5-12(4-16,6-22-23)14-3-9(17)18/h7-8,14,16H,3-6,13,23H2,1-2H3,(H,15,19)(H,17,18)/t7-,8-,12?/m0/s1. The molecular formula is C12H24N3O7P. The highest BCUT2D eigenvalue weighted by atomic mass is 31.0. The quantitative estimate of drug-likeness (QED) is 0.201. The van der Waals surface area contributed by atoms with Crippen LogP contribution in [0.2, 0.25) is 0 Å². The second-order valence-electron chi connectivity index (χ2n) is 5.12. The zero-order valence-corrected chi connectivity index (χ0v) is 14.2. The Morgan fingerprint density at radius 1 is 1.30 bits per heavy atom. The Labute approximate surface area is 136 Å². The fourth-order valence-corrected chi connectivity index (χ4v) is 1.77. The Kier molecular flexibility index (Phi) is 9.85. The molecule has 0 rings (SSSR count). The third-order valence-corrected chi connectivity index (χ3v) is 3.06. The molecule has 0 radical (unpaired) electrons. The molecule has 0 aliphatic rings. The van der Waals surface area contributed by atoms with Crippen LogP contribution in [0.5, 0.6) is 0 Å². The molecule has 0 aliphatic carbocycles. The minimum Gasteiger partial charge on any atom is -0.480 e. The highest BCUT2D eigenvalue weighted by Gasteiger charge is 2.33. The van der Waals surface area contributed by atoms with Gasteiger partial charge < -0.3 is 30.5 Å². The molecule has 0 bridgehead atoms. The van der Waals surface area contributed by atoms with E-state index in [4.69, 9.17) is 20.1 Å². The molecule has 6 N–H and O–H groups in total. The van der Waals surface area contributed by atoms with Crippen LogP contribution in [0.3, 0.4) is 0 Å². The number of aliphatic hydroxyl groups is 1. The third-order valence-electron chi connectivity index (χ3n) is 2.89. The zero-order chi connectivity index (χ0) is 18.0. The number of rotatable bonds is 11. The number of esters is 1. The number of nitrogens with one attached hydrogen (secondary N) is 2. The van der Waals surface area contributed by atoms with Gasteiger partial charge in [-0.25, -0.2) is 4.79 Å². The SMILES string of the molecule is C[C@H](N)C(=O)N[C@@H](C)C(=O)OCC(CO)(COP)NCC(=O)O. The number of carbonyl (C=O) groups excluding carboxylic acids is 2. The van der Waals surface area contributed by atoms with E-state index in [0.717, 1.165) is 0 Å². The number of carboxylic acids is 1. The number of hydrogen-bond acceptors (Lipinski definition) is 8. The summed E-state index contributed by atoms with van der Waals surface area (Å²) in [5.41, 5.74) is 4.10. The summed E-state index contributed by atoms with van der Waals surface area (Å²) in [4.78, 5) is 33.9. The molecule has 10 nitrogen and oxygen atoms in total. The molecule has 0 aliphatic heterocycles. The van der Waals surface area contributed by atoms with Gasteiger partial charge in [0, 0.05) is 9.47 Å². The van der Waals surface area contributed by atoms with E-state index in [-0.39, 0.29) is 13.2 Å². The van der Waals surface area contributed by atoms with Crippen molar-refractivity contribution in [2.75, 3.05) is 26.4 Å². The molecule has 0 fully saturated rings. The summed E-state index contributed by atoms with van der Waals surface area (Å²) in [6.07, 6.45) is 0. The van der Waals surface area contributed by atoms with Gasteiger partial charge >= 0.3 is 11.9 Å². The van der Waals surface area contributed by atoms with Crippen LogP contribution in [-0.4, -0.2) is 72.0 Å². The van der Waals surface area contributed by atoms with Gasteiger partial charge in [0.2, 0.25) is 5.91 Å². The van der Waals surface area contributed by atoms with Gasteiger partial charge in [-0.2, -0.15) is 0 Å². The summed E-state index contributed by atoms with van der Waals surface area (Å²) < 4.78 is 9.87. The number of aliphatic hydroxyl groups excluding tert-OH is 1. The van der Waals surface area contributed by atoms with Crippen LogP contribution < -0.4 is 16.4 Å². The Bertz CT molecular complexity index is 421. The smallest absolute Gasteiger partial charge is 0.328 e. The van der Waals surface area contributed by atoms with Crippen LogP contribution in [0.15, 0.2) is 0 Å². The van der Waals surface area contributed by atoms with E-state index in [1.165, 1.54) is 13.8 Å². The fraction of sp³-hybridized carbons (Fsp3) is 0.750. The van der Waals surface area contributed by atoms with Gasteiger partial charge in [-0.1, -0.05) is 0 Å². The first-order chi connectivity index (χ1) is 10.7. The van der Waals surface area contributed by atoms with Gasteiger partial charge in [-0.15, -0.1) is 0 Å². The molecule has 0 aromatic rings. The zero-order valence-electron chi connectivity index (χ0n) is 13.1. The lowest BCUT2D eigenvalue weighted by atomic mass is 10.0. The molecule has 0 saturated carbocycles. The molecule has 0 saturated heterocycles. The summed E-state index contributed by atoms with van der Waals surface area (Å²) in [6.45, 7) is 1.44. The molecule has 11 heteroatoms. The largest absolute Gasteiger partial charge is 0.480 e. The van der Waals surface area contributed by atoms with E-state index >= 15 is 0 Å². The van der Waals surface area contributed by atoms with E-state index in [9.17, 15) is 19.5 Å². The van der Waals surface area contributed by atoms with E-state index in [1.807, 2.05) is 9.47 Å². The minimum atomic E-state index is -1.28. The number of hydrogen-bond donors (Lipinski definition) is 5. The van der Waals surface area contributed by atoms with Crippen LogP contribution in [0.25, 0.3) is 0 Å². The molecule has 134 valence electrons. The number of nitrogens with two attached hydrogens (primary N) is 1. The number of aliphatic carboxylic acids is 1. The van der Waals surface area contributed by atoms with Gasteiger partial charge in [0.15, 0.2) is 0 Å². The number of carbonyl (C=O) groups is 3. The normalized spacial score (nSPS) is 16.0. The molecule has 0 aromatic carbocycles. The molecule has 1 amide bonds. The first kappa shape index (κ1) is 21.7. The predicted molar refractivity (Wildman–Crippen MR) is 83.3 cm³/mol. The summed E-state index contributed by atoms with van der Waals surface area (Å²) in [5, 5.41) is 23.1. The Balaban J connectivity index is 4.67. The van der Waals surface area contributed by atoms with Crippen molar-refractivity contribution in [3.8, 4) is 0 Å². The lowest BCUT2D eigenvalue weighted by Crippen LogP contribution is -2.57. The second kappa shape index (κ2) is 10.5. The van der Waals surface area contributed by atoms with Gasteiger partial charge in [0.25, 0.3) is 0 Å². The Morgan fingerprint density at radius 3 is 2.35 bits per heavy atom. The molecular weight excluding hydrogens is 329 g/mol. The first-order valence-corrected chi connectivity index (χ1v) is 7.26. The van der Waals surface area contributed by atoms with Crippen LogP contribution in [0.4, 0.5) is 0 Å². The molecule has 4 atom stereocenters. The fourth-order valence-electron chi connectivity index (χ4n) is 1.45. The van der Waals surface area contributed by atoms with Crippen LogP contribution in [0.1, 0.15) is 13.8 Å². The van der Waals surface area contributed by atoms with Crippen molar-refractivity contribution in [3.63, 3.8) is 0 Å². The van der Waals surface area contributed by atoms with Crippen LogP contribution in [0, 0.1) is 0 Å². The van der Waals surface area contributed by atoms with Crippen molar-refractivity contribution in [1.82, 2.24) is 10.6 Å². The van der Waals surface area contributed by atoms with Crippen molar-refractivity contribution in [3.05, 3.63) is 0 Å². The van der Waals surface area contributed by atoms with Crippen molar-refractivity contribution in [2.45, 2.75) is 31.5 Å². The molecule has 2 unspecified atom stereocenters. The Hall–Kier alpha value is -1.32. The monoisotopic (exact) mass is 353 g/mol. The molecule has 0 heterocycles. The maximum absolute atomic E-state index is 11.9. The molecule has 0 spiro atoms. The predicted octanol–water partition coefficient (Wildman–Crippen LogP) is -2.41. The van der Waals surface area contributed by atoms with Crippen molar-refractivity contribution in [1.29, 1.82) is 0 Å². The highest BCUT2D eigenvalue weighted by Crippen LogP contribution is 2.09. The van der Waals surface area contributed by atoms with E-state index in [2.05, 4.69) is 10.6 Å². The van der Waals surface area contributed by atoms with E-state index in [0.29, 0.717) is 0 Å². The summed E-state index contributed by atoms with van der Waals surface area (Å²) in [6, 6.07) is -1.72. The van der Waals surface area contributed by atoms with Crippen molar-refractivity contribution >= 4 is 27.3 Å². The lowest BCUT2D eigenvalue weighted by Gasteiger charge is -2.31. The average molecular weight is 353 g/mol. The number of ether oxygens (including phenoxy) is 1. The van der Waals surface area contributed by atoms with Gasteiger partial charge in [0.1, 0.15) is 18.2 Å². The summed E-state index contributed by atoms with van der Waals surface area (Å²) >= 11 is 0. The average Bonchev–Trinajstić information content (AvgIpc) is 2.49.